The van der Waals surface area contributed by atoms with Crippen molar-refractivity contribution >= 4 is 5.78 Å². The molecule has 2 aromatic carbocycles. The fourth-order valence-corrected chi connectivity index (χ4v) is 4.98. The number of ether oxygens (including phenoxy) is 5. The lowest BCUT2D eigenvalue weighted by Gasteiger charge is -2.42. The quantitative estimate of drug-likeness (QED) is 0.202. The van der Waals surface area contributed by atoms with E-state index in [1.54, 1.807) is 12.1 Å². The Labute approximate surface area is 233 Å². The van der Waals surface area contributed by atoms with Gasteiger partial charge in [0, 0.05) is 12.1 Å². The first-order valence-corrected chi connectivity index (χ1v) is 13.0. The lowest BCUT2D eigenvalue weighted by Crippen LogP contribution is -2.61. The number of phenolic OH excluding ortho intramolecular Hbond substituents is 2. The predicted molar refractivity (Wildman–Crippen MR) is 134 cm³/mol. The lowest BCUT2D eigenvalue weighted by molar-refractivity contribution is -0.318. The zero-order valence-electron chi connectivity index (χ0n) is 21.8. The second-order valence-electron chi connectivity index (χ2n) is 10.3. The molecule has 5 rings (SSSR count). The number of fused-ring (bicyclic) bond motifs is 1. The number of carbonyl (C=O) groups is 1. The molecule has 2 fully saturated rings. The Balaban J connectivity index is 1.30. The molecule has 14 heteroatoms. The Hall–Kier alpha value is -3.05. The molecule has 14 nitrogen and oxygen atoms in total. The van der Waals surface area contributed by atoms with Gasteiger partial charge in [-0.05, 0) is 24.6 Å². The number of aliphatic hydroxyl groups excluding tert-OH is 6. The van der Waals surface area contributed by atoms with Gasteiger partial charge in [-0.2, -0.15) is 0 Å². The number of ketones is 1. The number of hydrogen-bond donors (Lipinski definition) is 8. The summed E-state index contributed by atoms with van der Waals surface area (Å²) in [5.74, 6) is -0.893. The highest BCUT2D eigenvalue weighted by molar-refractivity contribution is 6.02. The van der Waals surface area contributed by atoms with Crippen LogP contribution in [-0.2, 0) is 14.2 Å². The second kappa shape index (κ2) is 11.7. The zero-order valence-corrected chi connectivity index (χ0v) is 21.8. The highest BCUT2D eigenvalue weighted by Gasteiger charge is 2.47. The Morgan fingerprint density at radius 2 is 1.49 bits per heavy atom. The molecule has 0 saturated carbocycles. The van der Waals surface area contributed by atoms with Crippen LogP contribution in [0.15, 0.2) is 36.4 Å². The van der Waals surface area contributed by atoms with Crippen LogP contribution in [0.2, 0.25) is 0 Å². The number of rotatable bonds is 6. The van der Waals surface area contributed by atoms with Crippen LogP contribution < -0.4 is 9.47 Å². The summed E-state index contributed by atoms with van der Waals surface area (Å²) in [6, 6.07) is 8.51. The molecular formula is C27H32O14. The zero-order chi connectivity index (χ0) is 29.6. The first-order chi connectivity index (χ1) is 19.4. The summed E-state index contributed by atoms with van der Waals surface area (Å²) in [7, 11) is 0. The second-order valence-corrected chi connectivity index (χ2v) is 10.3. The smallest absolute Gasteiger partial charge is 0.229 e. The predicted octanol–water partition coefficient (Wildman–Crippen LogP) is -1.17. The van der Waals surface area contributed by atoms with Gasteiger partial charge < -0.3 is 64.5 Å². The molecule has 0 amide bonds. The number of benzene rings is 2. The molecule has 224 valence electrons. The van der Waals surface area contributed by atoms with Gasteiger partial charge in [-0.15, -0.1) is 0 Å². The topological polar surface area (TPSA) is 225 Å². The summed E-state index contributed by atoms with van der Waals surface area (Å²) in [5, 5.41) is 81.5. The van der Waals surface area contributed by atoms with Crippen LogP contribution in [0.4, 0.5) is 0 Å². The molecule has 0 unspecified atom stereocenters. The maximum Gasteiger partial charge on any atom is 0.229 e. The standard InChI is InChI=1S/C27H32O14/c1-10-20(31)22(33)24(35)26(38-10)37-9-18-21(32)23(34)25(36)27(41-18)39-13-6-14(29)19-15(30)8-16(40-17(19)7-13)11-2-4-12(28)5-3-11/h2-7,10,16,18,20-29,31-36H,8-9H2,1H3/t10-,16-,18+,20-,21+,22+,23-,24+,25+,26+,27+/m1/s1. The molecule has 0 aliphatic carbocycles. The Morgan fingerprint density at radius 1 is 0.829 bits per heavy atom. The van der Waals surface area contributed by atoms with Crippen LogP contribution in [0.1, 0.15) is 35.4 Å². The van der Waals surface area contributed by atoms with E-state index in [9.17, 15) is 45.6 Å². The number of aliphatic hydroxyl groups is 6. The van der Waals surface area contributed by atoms with Gasteiger partial charge in [0.25, 0.3) is 0 Å². The molecule has 0 spiro atoms. The minimum atomic E-state index is -1.76. The van der Waals surface area contributed by atoms with E-state index in [0.717, 1.165) is 6.07 Å². The summed E-state index contributed by atoms with van der Waals surface area (Å²) in [6.07, 6.45) is -15.6. The monoisotopic (exact) mass is 580 g/mol. The molecule has 41 heavy (non-hydrogen) atoms. The highest BCUT2D eigenvalue weighted by Crippen LogP contribution is 2.42. The van der Waals surface area contributed by atoms with Crippen molar-refractivity contribution in [3.05, 3.63) is 47.5 Å². The maximum absolute atomic E-state index is 12.8. The van der Waals surface area contributed by atoms with Gasteiger partial charge in [-0.3, -0.25) is 4.79 Å². The molecule has 8 N–H and O–H groups in total. The average molecular weight is 581 g/mol. The van der Waals surface area contributed by atoms with Crippen LogP contribution in [0, 0.1) is 0 Å². The minimum absolute atomic E-state index is 0.00149. The van der Waals surface area contributed by atoms with E-state index in [-0.39, 0.29) is 29.2 Å². The first kappa shape index (κ1) is 29.4. The normalized spacial score (nSPS) is 37.2. The summed E-state index contributed by atoms with van der Waals surface area (Å²) in [6.45, 7) is 0.980. The van der Waals surface area contributed by atoms with Gasteiger partial charge in [0.1, 0.15) is 77.4 Å². The lowest BCUT2D eigenvalue weighted by atomic mass is 9.95. The van der Waals surface area contributed by atoms with Crippen LogP contribution in [0.3, 0.4) is 0 Å². The Morgan fingerprint density at radius 3 is 2.20 bits per heavy atom. The first-order valence-electron chi connectivity index (χ1n) is 13.0. The largest absolute Gasteiger partial charge is 0.508 e. The van der Waals surface area contributed by atoms with Gasteiger partial charge >= 0.3 is 0 Å². The molecule has 3 aliphatic heterocycles. The highest BCUT2D eigenvalue weighted by atomic mass is 16.7. The van der Waals surface area contributed by atoms with Crippen LogP contribution in [-0.4, -0.2) is 115 Å². The van der Waals surface area contributed by atoms with E-state index in [1.807, 2.05) is 0 Å². The fraction of sp³-hybridized carbons (Fsp3) is 0.519. The van der Waals surface area contributed by atoms with Gasteiger partial charge in [-0.25, -0.2) is 0 Å². The number of aromatic hydroxyl groups is 2. The van der Waals surface area contributed by atoms with Crippen molar-refractivity contribution in [2.24, 2.45) is 0 Å². The van der Waals surface area contributed by atoms with Gasteiger partial charge in [0.2, 0.25) is 6.29 Å². The van der Waals surface area contributed by atoms with Crippen molar-refractivity contribution in [1.82, 2.24) is 0 Å². The van der Waals surface area contributed by atoms with E-state index in [4.69, 9.17) is 23.7 Å². The van der Waals surface area contributed by atoms with Crippen LogP contribution >= 0.6 is 0 Å². The molecule has 3 aliphatic rings. The van der Waals surface area contributed by atoms with E-state index in [1.165, 1.54) is 25.1 Å². The van der Waals surface area contributed by atoms with Crippen molar-refractivity contribution < 1.29 is 69.3 Å². The summed E-state index contributed by atoms with van der Waals surface area (Å²) in [5.41, 5.74) is 0.550. The Bertz CT molecular complexity index is 1240. The number of hydrogen-bond acceptors (Lipinski definition) is 14. The molecule has 0 radical (unpaired) electrons. The van der Waals surface area contributed by atoms with Crippen LogP contribution in [0.25, 0.3) is 0 Å². The number of Topliss-reactive ketones (excluding diaryl/α,β-unsaturated/α-hetero) is 1. The summed E-state index contributed by atoms with van der Waals surface area (Å²) >= 11 is 0. The third kappa shape index (κ3) is 5.83. The van der Waals surface area contributed by atoms with Crippen molar-refractivity contribution in [3.63, 3.8) is 0 Å². The molecule has 2 saturated heterocycles. The minimum Gasteiger partial charge on any atom is -0.508 e. The van der Waals surface area contributed by atoms with E-state index < -0.39 is 85.7 Å². The molecule has 2 aromatic rings. The molecule has 11 atom stereocenters. The number of carbonyl (C=O) groups excluding carboxylic acids is 1. The molecule has 3 heterocycles. The molecule has 0 bridgehead atoms. The van der Waals surface area contributed by atoms with Crippen molar-refractivity contribution in [3.8, 4) is 23.0 Å². The van der Waals surface area contributed by atoms with Gasteiger partial charge in [0.05, 0.1) is 19.1 Å². The average Bonchev–Trinajstić information content (AvgIpc) is 2.94. The fourth-order valence-electron chi connectivity index (χ4n) is 4.98. The third-order valence-electron chi connectivity index (χ3n) is 7.39. The molecule has 0 aromatic heterocycles. The Kier molecular flexibility index (Phi) is 8.39. The van der Waals surface area contributed by atoms with Gasteiger partial charge in [0.15, 0.2) is 12.1 Å². The maximum atomic E-state index is 12.8. The van der Waals surface area contributed by atoms with E-state index in [0.29, 0.717) is 5.56 Å². The summed E-state index contributed by atoms with van der Waals surface area (Å²) in [4.78, 5) is 12.8. The van der Waals surface area contributed by atoms with Gasteiger partial charge in [-0.1, -0.05) is 12.1 Å². The number of phenols is 2. The van der Waals surface area contributed by atoms with Crippen molar-refractivity contribution in [1.29, 1.82) is 0 Å². The molecular weight excluding hydrogens is 548 g/mol. The third-order valence-corrected chi connectivity index (χ3v) is 7.39. The van der Waals surface area contributed by atoms with Crippen molar-refractivity contribution in [2.75, 3.05) is 6.61 Å². The SMILES string of the molecule is C[C@H]1O[C@H](OC[C@@H]2O[C@H](Oc3cc(O)c4c(c3)O[C@@H](c3ccc(O)cc3)CC4=O)[C@@H](O)[C@H](O)[C@H]2O)[C@@H](O)[C@@H](O)[C@@H]1O. The summed E-state index contributed by atoms with van der Waals surface area (Å²) < 4.78 is 28.0. The van der Waals surface area contributed by atoms with Crippen LogP contribution in [0.5, 0.6) is 23.0 Å². The van der Waals surface area contributed by atoms with E-state index >= 15 is 0 Å². The van der Waals surface area contributed by atoms with E-state index in [2.05, 4.69) is 0 Å². The van der Waals surface area contributed by atoms with Crippen molar-refractivity contribution in [2.45, 2.75) is 80.9 Å².